The van der Waals surface area contributed by atoms with Crippen molar-refractivity contribution in [3.63, 3.8) is 0 Å². The topological polar surface area (TPSA) is 83.8 Å². The standard InChI is InChI=1S/C10H12N4OS/c1-6-9(11)10(14-13-6)12-8(15)4-7-2-3-16-5-7/h2-3,5H,4,11H2,1H3,(H2,12,13,14,15). The van der Waals surface area contributed by atoms with Gasteiger partial charge in [0.05, 0.1) is 17.8 Å². The van der Waals surface area contributed by atoms with Crippen molar-refractivity contribution in [1.29, 1.82) is 0 Å². The third-order valence-electron chi connectivity index (χ3n) is 2.20. The zero-order chi connectivity index (χ0) is 11.5. The molecule has 0 atom stereocenters. The molecule has 84 valence electrons. The molecule has 0 saturated heterocycles. The van der Waals surface area contributed by atoms with Crippen LogP contribution in [0.15, 0.2) is 16.8 Å². The van der Waals surface area contributed by atoms with E-state index in [1.54, 1.807) is 18.3 Å². The number of carbonyl (C=O) groups excluding carboxylic acids is 1. The number of aryl methyl sites for hydroxylation is 1. The summed E-state index contributed by atoms with van der Waals surface area (Å²) >= 11 is 1.57. The molecule has 1 amide bonds. The summed E-state index contributed by atoms with van der Waals surface area (Å²) in [5, 5.41) is 13.2. The Morgan fingerprint density at radius 3 is 3.06 bits per heavy atom. The largest absolute Gasteiger partial charge is 0.394 e. The molecule has 2 heterocycles. The number of anilines is 2. The molecular formula is C10H12N4OS. The Morgan fingerprint density at radius 1 is 1.69 bits per heavy atom. The van der Waals surface area contributed by atoms with Crippen molar-refractivity contribution in [1.82, 2.24) is 10.2 Å². The predicted octanol–water partition coefficient (Wildman–Crippen LogP) is 1.54. The number of carbonyl (C=O) groups is 1. The van der Waals surface area contributed by atoms with Crippen LogP contribution in [0.3, 0.4) is 0 Å². The SMILES string of the molecule is Cc1[nH]nc(NC(=O)Cc2ccsc2)c1N. The summed E-state index contributed by atoms with van der Waals surface area (Å²) in [6.07, 6.45) is 0.342. The number of nitrogens with one attached hydrogen (secondary N) is 2. The number of aromatic amines is 1. The first-order chi connectivity index (χ1) is 7.66. The van der Waals surface area contributed by atoms with Crippen LogP contribution in [-0.2, 0) is 11.2 Å². The molecule has 0 spiro atoms. The Balaban J connectivity index is 2.00. The van der Waals surface area contributed by atoms with Crippen LogP contribution in [0.1, 0.15) is 11.3 Å². The maximum absolute atomic E-state index is 11.6. The molecule has 5 nitrogen and oxygen atoms in total. The second-order valence-corrected chi connectivity index (χ2v) is 4.25. The summed E-state index contributed by atoms with van der Waals surface area (Å²) < 4.78 is 0. The van der Waals surface area contributed by atoms with E-state index in [4.69, 9.17) is 5.73 Å². The number of thiophene rings is 1. The van der Waals surface area contributed by atoms with Crippen molar-refractivity contribution < 1.29 is 4.79 Å². The van der Waals surface area contributed by atoms with Crippen LogP contribution in [0.25, 0.3) is 0 Å². The fourth-order valence-electron chi connectivity index (χ4n) is 1.29. The summed E-state index contributed by atoms with van der Waals surface area (Å²) in [4.78, 5) is 11.6. The normalized spacial score (nSPS) is 10.3. The molecule has 0 saturated carbocycles. The Labute approximate surface area is 96.7 Å². The van der Waals surface area contributed by atoms with Gasteiger partial charge in [-0.15, -0.1) is 0 Å². The molecule has 2 rings (SSSR count). The first-order valence-corrected chi connectivity index (χ1v) is 5.72. The van der Waals surface area contributed by atoms with Crippen molar-refractivity contribution in [2.75, 3.05) is 11.1 Å². The van der Waals surface area contributed by atoms with Crippen LogP contribution in [0.2, 0.25) is 0 Å². The minimum Gasteiger partial charge on any atom is -0.394 e. The van der Waals surface area contributed by atoms with Crippen molar-refractivity contribution >= 4 is 28.7 Å². The maximum atomic E-state index is 11.6. The van der Waals surface area contributed by atoms with E-state index in [0.29, 0.717) is 17.9 Å². The molecular weight excluding hydrogens is 224 g/mol. The fraction of sp³-hybridized carbons (Fsp3) is 0.200. The Kier molecular flexibility index (Phi) is 2.91. The van der Waals surface area contributed by atoms with Gasteiger partial charge in [0.2, 0.25) is 5.91 Å². The average Bonchev–Trinajstić information content (AvgIpc) is 2.83. The molecule has 0 aliphatic heterocycles. The summed E-state index contributed by atoms with van der Waals surface area (Å²) in [7, 11) is 0. The molecule has 0 bridgehead atoms. The molecule has 4 N–H and O–H groups in total. The maximum Gasteiger partial charge on any atom is 0.230 e. The van der Waals surface area contributed by atoms with Gasteiger partial charge in [0.1, 0.15) is 0 Å². The third kappa shape index (κ3) is 2.22. The van der Waals surface area contributed by atoms with Crippen LogP contribution < -0.4 is 11.1 Å². The van der Waals surface area contributed by atoms with Gasteiger partial charge < -0.3 is 11.1 Å². The van der Waals surface area contributed by atoms with Crippen molar-refractivity contribution in [2.24, 2.45) is 0 Å². The van der Waals surface area contributed by atoms with Crippen LogP contribution in [0.5, 0.6) is 0 Å². The Bertz CT molecular complexity index is 489. The lowest BCUT2D eigenvalue weighted by atomic mass is 10.2. The van der Waals surface area contributed by atoms with Crippen LogP contribution in [-0.4, -0.2) is 16.1 Å². The molecule has 16 heavy (non-hydrogen) atoms. The van der Waals surface area contributed by atoms with E-state index in [1.165, 1.54) is 0 Å². The van der Waals surface area contributed by atoms with Crippen LogP contribution in [0.4, 0.5) is 11.5 Å². The first-order valence-electron chi connectivity index (χ1n) is 4.78. The number of amides is 1. The lowest BCUT2D eigenvalue weighted by Gasteiger charge is -2.01. The van der Waals surface area contributed by atoms with Gasteiger partial charge in [-0.1, -0.05) is 0 Å². The van der Waals surface area contributed by atoms with Crippen LogP contribution >= 0.6 is 11.3 Å². The summed E-state index contributed by atoms with van der Waals surface area (Å²) in [5.41, 5.74) is 7.95. The lowest BCUT2D eigenvalue weighted by molar-refractivity contribution is -0.115. The lowest BCUT2D eigenvalue weighted by Crippen LogP contribution is -2.15. The van der Waals surface area contributed by atoms with E-state index in [-0.39, 0.29) is 5.91 Å². The minimum absolute atomic E-state index is 0.114. The molecule has 2 aromatic rings. The number of H-pyrrole nitrogens is 1. The summed E-state index contributed by atoms with van der Waals surface area (Å²) in [6, 6.07) is 1.92. The van der Waals surface area contributed by atoms with Gasteiger partial charge in [-0.25, -0.2) is 0 Å². The number of nitrogens with two attached hydrogens (primary N) is 1. The highest BCUT2D eigenvalue weighted by Gasteiger charge is 2.10. The first kappa shape index (κ1) is 10.7. The van der Waals surface area contributed by atoms with E-state index < -0.39 is 0 Å². The second kappa shape index (κ2) is 4.36. The second-order valence-electron chi connectivity index (χ2n) is 3.47. The number of aromatic nitrogens is 2. The third-order valence-corrected chi connectivity index (χ3v) is 2.93. The molecule has 0 aliphatic rings. The Hall–Kier alpha value is -1.82. The zero-order valence-corrected chi connectivity index (χ0v) is 9.60. The summed E-state index contributed by atoms with van der Waals surface area (Å²) in [5.74, 6) is 0.286. The number of nitrogen functional groups attached to an aromatic ring is 1. The molecule has 0 unspecified atom stereocenters. The fourth-order valence-corrected chi connectivity index (χ4v) is 1.96. The summed E-state index contributed by atoms with van der Waals surface area (Å²) in [6.45, 7) is 1.80. The Morgan fingerprint density at radius 2 is 2.50 bits per heavy atom. The van der Waals surface area contributed by atoms with Gasteiger partial charge in [0, 0.05) is 0 Å². The van der Waals surface area contributed by atoms with Gasteiger partial charge in [0.15, 0.2) is 5.82 Å². The minimum atomic E-state index is -0.114. The highest BCUT2D eigenvalue weighted by molar-refractivity contribution is 7.08. The molecule has 0 aliphatic carbocycles. The van der Waals surface area contributed by atoms with Crippen molar-refractivity contribution in [2.45, 2.75) is 13.3 Å². The van der Waals surface area contributed by atoms with Gasteiger partial charge in [0.25, 0.3) is 0 Å². The zero-order valence-electron chi connectivity index (χ0n) is 8.78. The number of rotatable bonds is 3. The molecule has 0 radical (unpaired) electrons. The van der Waals surface area contributed by atoms with Gasteiger partial charge in [-0.3, -0.25) is 9.89 Å². The van der Waals surface area contributed by atoms with Gasteiger partial charge in [-0.2, -0.15) is 16.4 Å². The van der Waals surface area contributed by atoms with E-state index >= 15 is 0 Å². The number of hydrogen-bond acceptors (Lipinski definition) is 4. The monoisotopic (exact) mass is 236 g/mol. The van der Waals surface area contributed by atoms with E-state index in [9.17, 15) is 4.79 Å². The quantitative estimate of drug-likeness (QED) is 0.755. The van der Waals surface area contributed by atoms with E-state index in [1.807, 2.05) is 16.8 Å². The van der Waals surface area contributed by atoms with Gasteiger partial charge in [-0.05, 0) is 29.3 Å². The van der Waals surface area contributed by atoms with Crippen molar-refractivity contribution in [3.05, 3.63) is 28.1 Å². The van der Waals surface area contributed by atoms with Crippen molar-refractivity contribution in [3.8, 4) is 0 Å². The van der Waals surface area contributed by atoms with E-state index in [2.05, 4.69) is 15.5 Å². The number of nitrogens with zero attached hydrogens (tertiary/aromatic N) is 1. The highest BCUT2D eigenvalue weighted by Crippen LogP contribution is 2.18. The van der Waals surface area contributed by atoms with E-state index in [0.717, 1.165) is 11.3 Å². The predicted molar refractivity (Wildman–Crippen MR) is 64.4 cm³/mol. The molecule has 0 aromatic carbocycles. The molecule has 0 fully saturated rings. The van der Waals surface area contributed by atoms with Crippen LogP contribution in [0, 0.1) is 6.92 Å². The average molecular weight is 236 g/mol. The highest BCUT2D eigenvalue weighted by atomic mass is 32.1. The smallest absolute Gasteiger partial charge is 0.230 e. The molecule has 6 heteroatoms. The molecule has 2 aromatic heterocycles. The van der Waals surface area contributed by atoms with Gasteiger partial charge >= 0.3 is 0 Å². The number of hydrogen-bond donors (Lipinski definition) is 3.